The summed E-state index contributed by atoms with van der Waals surface area (Å²) in [7, 11) is -3.69. The maximum absolute atomic E-state index is 12.7. The molecule has 2 aromatic rings. The molecule has 1 heterocycles. The minimum absolute atomic E-state index is 0.350. The molecular formula is C22H28N2O5S2. The van der Waals surface area contributed by atoms with E-state index in [1.54, 1.807) is 36.9 Å². The Bertz CT molecular complexity index is 1030. The predicted octanol–water partition coefficient (Wildman–Crippen LogP) is 2.97. The molecule has 7 nitrogen and oxygen atoms in total. The van der Waals surface area contributed by atoms with E-state index in [4.69, 9.17) is 9.47 Å². The van der Waals surface area contributed by atoms with Crippen LogP contribution in [0.3, 0.4) is 0 Å². The van der Waals surface area contributed by atoms with Crippen LogP contribution in [0.25, 0.3) is 0 Å². The Balaban J connectivity index is 1.58. The van der Waals surface area contributed by atoms with Gasteiger partial charge in [-0.15, -0.1) is 0 Å². The van der Waals surface area contributed by atoms with Gasteiger partial charge >= 0.3 is 0 Å². The Morgan fingerprint density at radius 1 is 1.16 bits per heavy atom. The molecule has 2 aromatic carbocycles. The molecule has 1 aliphatic heterocycles. The van der Waals surface area contributed by atoms with Crippen molar-refractivity contribution in [2.75, 3.05) is 36.1 Å². The number of rotatable bonds is 9. The van der Waals surface area contributed by atoms with Gasteiger partial charge in [0.2, 0.25) is 15.9 Å². The van der Waals surface area contributed by atoms with Gasteiger partial charge in [-0.1, -0.05) is 29.8 Å². The van der Waals surface area contributed by atoms with Crippen molar-refractivity contribution >= 4 is 33.4 Å². The second kappa shape index (κ2) is 10.3. The highest BCUT2D eigenvalue weighted by Gasteiger charge is 2.30. The number of thioether (sulfide) groups is 1. The van der Waals surface area contributed by atoms with Crippen molar-refractivity contribution in [1.82, 2.24) is 5.32 Å². The van der Waals surface area contributed by atoms with Crippen LogP contribution in [-0.2, 0) is 20.6 Å². The summed E-state index contributed by atoms with van der Waals surface area (Å²) in [6.07, 6.45) is 1.09. The Kier molecular flexibility index (Phi) is 7.72. The van der Waals surface area contributed by atoms with Crippen LogP contribution in [0.4, 0.5) is 5.69 Å². The number of amides is 1. The molecule has 0 spiro atoms. The highest BCUT2D eigenvalue weighted by Crippen LogP contribution is 2.35. The van der Waals surface area contributed by atoms with E-state index in [9.17, 15) is 13.2 Å². The van der Waals surface area contributed by atoms with Gasteiger partial charge in [0.15, 0.2) is 11.5 Å². The first kappa shape index (κ1) is 23.3. The summed E-state index contributed by atoms with van der Waals surface area (Å²) in [4.78, 5) is 12.7. The van der Waals surface area contributed by atoms with E-state index in [2.05, 4.69) is 30.4 Å². The molecule has 3 rings (SSSR count). The lowest BCUT2D eigenvalue weighted by atomic mass is 10.2. The molecule has 0 fully saturated rings. The molecule has 0 aromatic heterocycles. The van der Waals surface area contributed by atoms with Gasteiger partial charge in [-0.2, -0.15) is 11.8 Å². The number of aryl methyl sites for hydroxylation is 1. The summed E-state index contributed by atoms with van der Waals surface area (Å²) in [5, 5.41) is 2.84. The molecule has 1 N–H and O–H groups in total. The minimum atomic E-state index is -3.69. The van der Waals surface area contributed by atoms with Crippen LogP contribution >= 0.6 is 11.8 Å². The topological polar surface area (TPSA) is 84.9 Å². The molecule has 0 bridgehead atoms. The molecule has 0 saturated heterocycles. The number of ether oxygens (including phenoxy) is 2. The number of carbonyl (C=O) groups is 1. The Morgan fingerprint density at radius 3 is 2.61 bits per heavy atom. The quantitative estimate of drug-likeness (QED) is 0.575. The van der Waals surface area contributed by atoms with Gasteiger partial charge in [0.25, 0.3) is 0 Å². The lowest BCUT2D eigenvalue weighted by Crippen LogP contribution is -2.48. The van der Waals surface area contributed by atoms with Crippen LogP contribution in [0.15, 0.2) is 42.5 Å². The first-order valence-corrected chi connectivity index (χ1v) is 13.1. The SMILES string of the molecule is Cc1cccc(CSCCNC(=O)[C@@H](C)N(c2ccc3c(c2)OCCO3)S(C)(=O)=O)c1. The number of nitrogens with zero attached hydrogens (tertiary/aromatic N) is 1. The Labute approximate surface area is 188 Å². The predicted molar refractivity (Wildman–Crippen MR) is 125 cm³/mol. The zero-order valence-corrected chi connectivity index (χ0v) is 19.6. The maximum Gasteiger partial charge on any atom is 0.243 e. The van der Waals surface area contributed by atoms with Gasteiger partial charge < -0.3 is 14.8 Å². The van der Waals surface area contributed by atoms with Crippen LogP contribution in [-0.4, -0.2) is 52.1 Å². The highest BCUT2D eigenvalue weighted by molar-refractivity contribution is 7.98. The van der Waals surface area contributed by atoms with E-state index < -0.39 is 16.1 Å². The smallest absolute Gasteiger partial charge is 0.243 e. The van der Waals surface area contributed by atoms with Crippen molar-refractivity contribution < 1.29 is 22.7 Å². The van der Waals surface area contributed by atoms with Crippen molar-refractivity contribution in [3.05, 3.63) is 53.6 Å². The molecule has 9 heteroatoms. The fraction of sp³-hybridized carbons (Fsp3) is 0.409. The zero-order chi connectivity index (χ0) is 22.4. The molecular weight excluding hydrogens is 436 g/mol. The van der Waals surface area contributed by atoms with Gasteiger partial charge in [-0.05, 0) is 31.5 Å². The molecule has 0 saturated carbocycles. The van der Waals surface area contributed by atoms with E-state index in [1.165, 1.54) is 11.1 Å². The molecule has 31 heavy (non-hydrogen) atoms. The highest BCUT2D eigenvalue weighted by atomic mass is 32.2. The zero-order valence-electron chi connectivity index (χ0n) is 18.0. The van der Waals surface area contributed by atoms with E-state index in [0.717, 1.165) is 22.1 Å². The summed E-state index contributed by atoms with van der Waals surface area (Å²) in [6.45, 7) is 4.94. The average molecular weight is 465 g/mol. The largest absolute Gasteiger partial charge is 0.486 e. The number of hydrogen-bond donors (Lipinski definition) is 1. The third-order valence-electron chi connectivity index (χ3n) is 4.77. The third-order valence-corrected chi connectivity index (χ3v) is 7.04. The second-order valence-electron chi connectivity index (χ2n) is 7.40. The standard InChI is InChI=1S/C22H28N2O5S2/c1-16-5-4-6-18(13-16)15-30-12-9-23-22(25)17(2)24(31(3,26)27)19-7-8-20-21(14-19)29-11-10-28-20/h4-8,13-14,17H,9-12,15H2,1-3H3,(H,23,25)/t17-/m1/s1. The fourth-order valence-electron chi connectivity index (χ4n) is 3.36. The van der Waals surface area contributed by atoms with Gasteiger partial charge in [0.05, 0.1) is 11.9 Å². The van der Waals surface area contributed by atoms with Crippen molar-refractivity contribution in [3.63, 3.8) is 0 Å². The fourth-order valence-corrected chi connectivity index (χ4v) is 5.34. The molecule has 0 radical (unpaired) electrons. The van der Waals surface area contributed by atoms with Crippen LogP contribution in [0, 0.1) is 6.92 Å². The molecule has 1 aliphatic rings. The van der Waals surface area contributed by atoms with E-state index in [-0.39, 0.29) is 5.91 Å². The molecule has 0 aliphatic carbocycles. The number of anilines is 1. The van der Waals surface area contributed by atoms with Crippen molar-refractivity contribution in [1.29, 1.82) is 0 Å². The Hall–Kier alpha value is -2.39. The maximum atomic E-state index is 12.7. The van der Waals surface area contributed by atoms with Gasteiger partial charge in [-0.3, -0.25) is 9.10 Å². The van der Waals surface area contributed by atoms with Crippen molar-refractivity contribution in [2.24, 2.45) is 0 Å². The first-order valence-electron chi connectivity index (χ1n) is 10.1. The molecule has 168 valence electrons. The van der Waals surface area contributed by atoms with Crippen molar-refractivity contribution in [3.8, 4) is 11.5 Å². The van der Waals surface area contributed by atoms with Gasteiger partial charge in [0, 0.05) is 24.1 Å². The number of nitrogens with one attached hydrogen (secondary N) is 1. The minimum Gasteiger partial charge on any atom is -0.486 e. The van der Waals surface area contributed by atoms with Crippen LogP contribution < -0.4 is 19.1 Å². The van der Waals surface area contributed by atoms with Crippen LogP contribution in [0.5, 0.6) is 11.5 Å². The lowest BCUT2D eigenvalue weighted by Gasteiger charge is -2.29. The number of carbonyl (C=O) groups excluding carboxylic acids is 1. The summed E-state index contributed by atoms with van der Waals surface area (Å²) >= 11 is 1.72. The summed E-state index contributed by atoms with van der Waals surface area (Å²) < 4.78 is 37.1. The normalized spacial score (nSPS) is 14.0. The van der Waals surface area contributed by atoms with Crippen LogP contribution in [0.1, 0.15) is 18.1 Å². The molecule has 0 unspecified atom stereocenters. The van der Waals surface area contributed by atoms with Crippen molar-refractivity contribution in [2.45, 2.75) is 25.6 Å². The monoisotopic (exact) mass is 464 g/mol. The number of benzene rings is 2. The third kappa shape index (κ3) is 6.30. The van der Waals surface area contributed by atoms with E-state index in [0.29, 0.717) is 36.9 Å². The number of hydrogen-bond acceptors (Lipinski definition) is 6. The second-order valence-corrected chi connectivity index (χ2v) is 10.4. The van der Waals surface area contributed by atoms with Gasteiger partial charge in [0.1, 0.15) is 19.3 Å². The first-order chi connectivity index (χ1) is 14.8. The van der Waals surface area contributed by atoms with E-state index in [1.807, 2.05) is 6.07 Å². The Morgan fingerprint density at radius 2 is 1.90 bits per heavy atom. The summed E-state index contributed by atoms with van der Waals surface area (Å²) in [6, 6.07) is 12.3. The molecule has 1 atom stereocenters. The average Bonchev–Trinajstić information content (AvgIpc) is 2.72. The van der Waals surface area contributed by atoms with Gasteiger partial charge in [-0.25, -0.2) is 8.42 Å². The summed E-state index contributed by atoms with van der Waals surface area (Å²) in [5.74, 6) is 2.27. The number of sulfonamides is 1. The van der Waals surface area contributed by atoms with Crippen LogP contribution in [0.2, 0.25) is 0 Å². The number of fused-ring (bicyclic) bond motifs is 1. The van der Waals surface area contributed by atoms with E-state index >= 15 is 0 Å². The summed E-state index contributed by atoms with van der Waals surface area (Å²) in [5.41, 5.74) is 2.83. The lowest BCUT2D eigenvalue weighted by molar-refractivity contribution is -0.121. The molecule has 1 amide bonds.